The first-order valence-corrected chi connectivity index (χ1v) is 4.42. The Kier molecular flexibility index (Phi) is 3.77. The second-order valence-electron chi connectivity index (χ2n) is 2.72. The lowest BCUT2D eigenvalue weighted by atomic mass is 10.3. The third kappa shape index (κ3) is 2.92. The van der Waals surface area contributed by atoms with E-state index in [-0.39, 0.29) is 5.82 Å². The third-order valence-corrected chi connectivity index (χ3v) is 1.78. The molecule has 0 radical (unpaired) electrons. The Morgan fingerprint density at radius 2 is 2.36 bits per heavy atom. The zero-order valence-electron chi connectivity index (χ0n) is 7.81. The molecule has 0 aliphatic rings. The number of rotatable bonds is 4. The first kappa shape index (κ1) is 10.9. The molecular weight excluding hydrogens is 205 g/mol. The minimum atomic E-state index is -0.344. The van der Waals surface area contributed by atoms with E-state index in [1.54, 1.807) is 12.1 Å². The van der Waals surface area contributed by atoms with E-state index >= 15 is 0 Å². The number of benzene rings is 1. The van der Waals surface area contributed by atoms with Crippen LogP contribution in [-0.2, 0) is 0 Å². The average molecular weight is 216 g/mol. The molecule has 0 amide bonds. The van der Waals surface area contributed by atoms with Crippen molar-refractivity contribution in [3.8, 4) is 5.75 Å². The largest absolute Gasteiger partial charge is 0.497 e. The second-order valence-corrected chi connectivity index (χ2v) is 3.25. The maximum absolute atomic E-state index is 13.2. The standard InChI is InChI=1S/C10H11ClFNO/c1-7(11)6-13-10-5-8(14-2)3-4-9(10)12/h3-5,13H,1,6H2,2H3. The van der Waals surface area contributed by atoms with Crippen LogP contribution in [0, 0.1) is 5.82 Å². The van der Waals surface area contributed by atoms with Crippen molar-refractivity contribution >= 4 is 17.3 Å². The van der Waals surface area contributed by atoms with Gasteiger partial charge in [0.05, 0.1) is 19.3 Å². The van der Waals surface area contributed by atoms with Gasteiger partial charge in [0.15, 0.2) is 0 Å². The molecule has 0 heterocycles. The average Bonchev–Trinajstić information content (AvgIpc) is 2.16. The molecule has 0 saturated heterocycles. The first-order valence-electron chi connectivity index (χ1n) is 4.04. The third-order valence-electron chi connectivity index (χ3n) is 1.64. The van der Waals surface area contributed by atoms with Crippen molar-refractivity contribution in [1.82, 2.24) is 0 Å². The molecule has 0 saturated carbocycles. The van der Waals surface area contributed by atoms with E-state index in [0.717, 1.165) is 0 Å². The van der Waals surface area contributed by atoms with Gasteiger partial charge in [0.25, 0.3) is 0 Å². The number of ether oxygens (including phenoxy) is 1. The van der Waals surface area contributed by atoms with Crippen LogP contribution in [0.15, 0.2) is 29.8 Å². The summed E-state index contributed by atoms with van der Waals surface area (Å²) in [6.45, 7) is 3.82. The Bertz CT molecular complexity index is 341. The van der Waals surface area contributed by atoms with Gasteiger partial charge < -0.3 is 10.1 Å². The van der Waals surface area contributed by atoms with Crippen LogP contribution < -0.4 is 10.1 Å². The molecule has 1 N–H and O–H groups in total. The summed E-state index contributed by atoms with van der Waals surface area (Å²) in [6, 6.07) is 4.45. The summed E-state index contributed by atoms with van der Waals surface area (Å²) in [7, 11) is 1.53. The maximum atomic E-state index is 13.2. The molecule has 1 aromatic carbocycles. The molecule has 1 rings (SSSR count). The summed E-state index contributed by atoms with van der Waals surface area (Å²) in [5, 5.41) is 3.22. The molecule has 0 bridgehead atoms. The van der Waals surface area contributed by atoms with Crippen molar-refractivity contribution in [1.29, 1.82) is 0 Å². The van der Waals surface area contributed by atoms with E-state index < -0.39 is 0 Å². The number of hydrogen-bond donors (Lipinski definition) is 1. The molecule has 2 nitrogen and oxygen atoms in total. The molecule has 0 aromatic heterocycles. The first-order chi connectivity index (χ1) is 6.63. The van der Waals surface area contributed by atoms with Crippen LogP contribution >= 0.6 is 11.6 Å². The fourth-order valence-corrected chi connectivity index (χ4v) is 1.02. The number of hydrogen-bond acceptors (Lipinski definition) is 2. The van der Waals surface area contributed by atoms with Gasteiger partial charge in [-0.3, -0.25) is 0 Å². The Hall–Kier alpha value is -1.22. The summed E-state index contributed by atoms with van der Waals surface area (Å²) in [5.41, 5.74) is 0.353. The molecule has 4 heteroatoms. The Labute approximate surface area is 87.3 Å². The molecule has 0 unspecified atom stereocenters. The quantitative estimate of drug-likeness (QED) is 0.834. The monoisotopic (exact) mass is 215 g/mol. The second kappa shape index (κ2) is 4.86. The minimum absolute atomic E-state index is 0.325. The van der Waals surface area contributed by atoms with Crippen molar-refractivity contribution in [2.45, 2.75) is 0 Å². The maximum Gasteiger partial charge on any atom is 0.146 e. The van der Waals surface area contributed by atoms with E-state index in [0.29, 0.717) is 23.0 Å². The molecule has 0 atom stereocenters. The van der Waals surface area contributed by atoms with Gasteiger partial charge in [-0.15, -0.1) is 0 Å². The zero-order valence-corrected chi connectivity index (χ0v) is 8.57. The minimum Gasteiger partial charge on any atom is -0.497 e. The fourth-order valence-electron chi connectivity index (χ4n) is 0.958. The van der Waals surface area contributed by atoms with Crippen LogP contribution in [0.25, 0.3) is 0 Å². The predicted molar refractivity (Wildman–Crippen MR) is 56.4 cm³/mol. The van der Waals surface area contributed by atoms with Gasteiger partial charge in [0.2, 0.25) is 0 Å². The highest BCUT2D eigenvalue weighted by Crippen LogP contribution is 2.21. The molecule has 0 aliphatic heterocycles. The highest BCUT2D eigenvalue weighted by atomic mass is 35.5. The van der Waals surface area contributed by atoms with E-state index in [1.807, 2.05) is 0 Å². The zero-order chi connectivity index (χ0) is 10.6. The van der Waals surface area contributed by atoms with Crippen LogP contribution in [0.3, 0.4) is 0 Å². The van der Waals surface area contributed by atoms with Crippen molar-refractivity contribution in [3.05, 3.63) is 35.6 Å². The van der Waals surface area contributed by atoms with E-state index in [9.17, 15) is 4.39 Å². The fraction of sp³-hybridized carbons (Fsp3) is 0.200. The van der Waals surface area contributed by atoms with E-state index in [1.165, 1.54) is 13.2 Å². The SMILES string of the molecule is C=C(Cl)CNc1cc(OC)ccc1F. The number of anilines is 1. The van der Waals surface area contributed by atoms with Gasteiger partial charge >= 0.3 is 0 Å². The summed E-state index contributed by atoms with van der Waals surface area (Å²) in [5.74, 6) is 0.248. The van der Waals surface area contributed by atoms with Crippen LogP contribution in [0.5, 0.6) is 5.75 Å². The normalized spacial score (nSPS) is 9.64. The van der Waals surface area contributed by atoms with Crippen LogP contribution in [0.4, 0.5) is 10.1 Å². The molecule has 1 aromatic rings. The van der Waals surface area contributed by atoms with E-state index in [4.69, 9.17) is 16.3 Å². The highest BCUT2D eigenvalue weighted by molar-refractivity contribution is 6.29. The van der Waals surface area contributed by atoms with Crippen LogP contribution in [-0.4, -0.2) is 13.7 Å². The molecule has 76 valence electrons. The van der Waals surface area contributed by atoms with E-state index in [2.05, 4.69) is 11.9 Å². The number of methoxy groups -OCH3 is 1. The smallest absolute Gasteiger partial charge is 0.146 e. The molecule has 0 spiro atoms. The van der Waals surface area contributed by atoms with Crippen molar-refractivity contribution in [2.24, 2.45) is 0 Å². The lowest BCUT2D eigenvalue weighted by Crippen LogP contribution is -2.03. The molecule has 0 fully saturated rings. The summed E-state index contributed by atoms with van der Waals surface area (Å²) >= 11 is 5.54. The Balaban J connectivity index is 2.78. The molecular formula is C10H11ClFNO. The Morgan fingerprint density at radius 1 is 1.64 bits per heavy atom. The van der Waals surface area contributed by atoms with Gasteiger partial charge in [-0.05, 0) is 12.1 Å². The van der Waals surface area contributed by atoms with Crippen molar-refractivity contribution in [2.75, 3.05) is 19.0 Å². The highest BCUT2D eigenvalue weighted by Gasteiger charge is 2.03. The topological polar surface area (TPSA) is 21.3 Å². The number of nitrogens with one attached hydrogen (secondary N) is 1. The summed E-state index contributed by atoms with van der Waals surface area (Å²) in [6.07, 6.45) is 0. The number of halogens is 2. The van der Waals surface area contributed by atoms with Gasteiger partial charge in [-0.2, -0.15) is 0 Å². The van der Waals surface area contributed by atoms with Crippen molar-refractivity contribution < 1.29 is 9.13 Å². The van der Waals surface area contributed by atoms with Crippen molar-refractivity contribution in [3.63, 3.8) is 0 Å². The predicted octanol–water partition coefficient (Wildman–Crippen LogP) is 3.00. The molecule has 14 heavy (non-hydrogen) atoms. The molecule has 0 aliphatic carbocycles. The lowest BCUT2D eigenvalue weighted by Gasteiger charge is -2.08. The van der Waals surface area contributed by atoms with Gasteiger partial charge in [-0.1, -0.05) is 18.2 Å². The lowest BCUT2D eigenvalue weighted by molar-refractivity contribution is 0.414. The summed E-state index contributed by atoms with van der Waals surface area (Å²) in [4.78, 5) is 0. The van der Waals surface area contributed by atoms with Gasteiger partial charge in [0.1, 0.15) is 11.6 Å². The van der Waals surface area contributed by atoms with Gasteiger partial charge in [-0.25, -0.2) is 4.39 Å². The summed E-state index contributed by atoms with van der Waals surface area (Å²) < 4.78 is 18.1. The van der Waals surface area contributed by atoms with Gasteiger partial charge in [0, 0.05) is 11.1 Å². The van der Waals surface area contributed by atoms with Crippen LogP contribution in [0.1, 0.15) is 0 Å². The Morgan fingerprint density at radius 3 is 2.93 bits per heavy atom. The van der Waals surface area contributed by atoms with Crippen LogP contribution in [0.2, 0.25) is 0 Å².